The molecule has 0 atom stereocenters. The Kier molecular flexibility index (Phi) is 4.48. The second-order valence-electron chi connectivity index (χ2n) is 4.05. The molecule has 0 heterocycles. The molecule has 0 aliphatic rings. The Bertz CT molecular complexity index is 625. The lowest BCUT2D eigenvalue weighted by atomic mass is 10.2. The van der Waals surface area contributed by atoms with Crippen molar-refractivity contribution in [2.75, 3.05) is 7.11 Å². The van der Waals surface area contributed by atoms with Crippen LogP contribution in [0.25, 0.3) is 0 Å². The number of ether oxygens (including phenoxy) is 2. The van der Waals surface area contributed by atoms with E-state index < -0.39 is 5.97 Å². The van der Waals surface area contributed by atoms with Crippen LogP contribution in [0.3, 0.4) is 0 Å². The molecule has 0 aromatic heterocycles. The van der Waals surface area contributed by atoms with Crippen LogP contribution in [0.4, 0.5) is 0 Å². The molecule has 0 radical (unpaired) electrons. The highest BCUT2D eigenvalue weighted by Gasteiger charge is 2.13. The molecule has 0 spiro atoms. The van der Waals surface area contributed by atoms with Gasteiger partial charge >= 0.3 is 5.97 Å². The maximum atomic E-state index is 11.2. The molecule has 20 heavy (non-hydrogen) atoms. The molecule has 4 nitrogen and oxygen atoms in total. The molecule has 2 aromatic rings. The summed E-state index contributed by atoms with van der Waals surface area (Å²) >= 11 is 6.03. The maximum absolute atomic E-state index is 11.2. The number of hydrogen-bond donors (Lipinski definition) is 1. The van der Waals surface area contributed by atoms with E-state index in [4.69, 9.17) is 26.2 Å². The Morgan fingerprint density at radius 3 is 2.65 bits per heavy atom. The number of rotatable bonds is 5. The molecule has 2 rings (SSSR count). The smallest absolute Gasteiger partial charge is 0.339 e. The average Bonchev–Trinajstić information content (AvgIpc) is 2.46. The zero-order valence-electron chi connectivity index (χ0n) is 10.8. The van der Waals surface area contributed by atoms with Gasteiger partial charge in [0.2, 0.25) is 0 Å². The summed E-state index contributed by atoms with van der Waals surface area (Å²) in [6, 6.07) is 11.8. The molecule has 5 heteroatoms. The predicted molar refractivity (Wildman–Crippen MR) is 75.7 cm³/mol. The maximum Gasteiger partial charge on any atom is 0.339 e. The normalized spacial score (nSPS) is 10.1. The quantitative estimate of drug-likeness (QED) is 0.914. The van der Waals surface area contributed by atoms with Gasteiger partial charge in [-0.15, -0.1) is 0 Å². The van der Waals surface area contributed by atoms with E-state index in [2.05, 4.69) is 0 Å². The Morgan fingerprint density at radius 1 is 1.25 bits per heavy atom. The first kappa shape index (κ1) is 14.2. The van der Waals surface area contributed by atoms with Crippen LogP contribution in [-0.4, -0.2) is 18.2 Å². The highest BCUT2D eigenvalue weighted by molar-refractivity contribution is 6.31. The monoisotopic (exact) mass is 292 g/mol. The number of carboxylic acids is 1. The van der Waals surface area contributed by atoms with Gasteiger partial charge in [-0.1, -0.05) is 29.8 Å². The van der Waals surface area contributed by atoms with Crippen LogP contribution >= 0.6 is 11.6 Å². The molecule has 0 aliphatic carbocycles. The van der Waals surface area contributed by atoms with Crippen molar-refractivity contribution in [1.29, 1.82) is 0 Å². The average molecular weight is 293 g/mol. The van der Waals surface area contributed by atoms with E-state index in [-0.39, 0.29) is 17.9 Å². The van der Waals surface area contributed by atoms with Gasteiger partial charge in [-0.25, -0.2) is 4.79 Å². The van der Waals surface area contributed by atoms with Crippen molar-refractivity contribution in [3.63, 3.8) is 0 Å². The molecule has 0 aliphatic heterocycles. The molecular formula is C15H13ClO4. The van der Waals surface area contributed by atoms with Gasteiger partial charge in [0, 0.05) is 16.7 Å². The molecular weight excluding hydrogens is 280 g/mol. The third-order valence-electron chi connectivity index (χ3n) is 2.76. The van der Waals surface area contributed by atoms with E-state index in [1.807, 2.05) is 18.2 Å². The Hall–Kier alpha value is -2.20. The fraction of sp³-hybridized carbons (Fsp3) is 0.133. The molecule has 0 bridgehead atoms. The first-order valence-corrected chi connectivity index (χ1v) is 6.27. The van der Waals surface area contributed by atoms with Crippen LogP contribution in [0.1, 0.15) is 15.9 Å². The van der Waals surface area contributed by atoms with Gasteiger partial charge in [0.25, 0.3) is 0 Å². The van der Waals surface area contributed by atoms with Crippen molar-refractivity contribution in [2.24, 2.45) is 0 Å². The van der Waals surface area contributed by atoms with Crippen molar-refractivity contribution in [1.82, 2.24) is 0 Å². The molecule has 1 N–H and O–H groups in total. The first-order chi connectivity index (χ1) is 9.61. The lowest BCUT2D eigenvalue weighted by Crippen LogP contribution is -2.04. The molecule has 104 valence electrons. The van der Waals surface area contributed by atoms with E-state index in [1.165, 1.54) is 13.2 Å². The summed E-state index contributed by atoms with van der Waals surface area (Å²) < 4.78 is 10.6. The summed E-state index contributed by atoms with van der Waals surface area (Å²) in [5.74, 6) is -0.275. The Morgan fingerprint density at radius 2 is 2.00 bits per heavy atom. The number of carbonyl (C=O) groups is 1. The summed E-state index contributed by atoms with van der Waals surface area (Å²) in [7, 11) is 1.51. The number of benzene rings is 2. The predicted octanol–water partition coefficient (Wildman–Crippen LogP) is 3.63. The Labute approximate surface area is 121 Å². The fourth-order valence-corrected chi connectivity index (χ4v) is 1.89. The van der Waals surface area contributed by atoms with Crippen molar-refractivity contribution in [3.8, 4) is 11.5 Å². The highest BCUT2D eigenvalue weighted by Crippen LogP contribution is 2.26. The zero-order valence-corrected chi connectivity index (χ0v) is 11.6. The molecule has 0 saturated carbocycles. The number of hydrogen-bond acceptors (Lipinski definition) is 3. The third-order valence-corrected chi connectivity index (χ3v) is 3.13. The van der Waals surface area contributed by atoms with E-state index in [0.29, 0.717) is 10.8 Å². The van der Waals surface area contributed by atoms with E-state index in [1.54, 1.807) is 18.2 Å². The van der Waals surface area contributed by atoms with E-state index in [9.17, 15) is 4.79 Å². The number of methoxy groups -OCH3 is 1. The minimum atomic E-state index is -1.05. The molecule has 0 fully saturated rings. The van der Waals surface area contributed by atoms with Gasteiger partial charge in [-0.3, -0.25) is 0 Å². The summed E-state index contributed by atoms with van der Waals surface area (Å²) in [6.07, 6.45) is 0. The van der Waals surface area contributed by atoms with Gasteiger partial charge < -0.3 is 14.6 Å². The number of carboxylic acid groups (broad SMARTS) is 1. The summed E-state index contributed by atoms with van der Waals surface area (Å²) in [6.45, 7) is 0.188. The lowest BCUT2D eigenvalue weighted by molar-refractivity contribution is 0.0691. The number of halogens is 1. The van der Waals surface area contributed by atoms with E-state index in [0.717, 1.165) is 5.56 Å². The Balaban J connectivity index is 2.24. The van der Waals surface area contributed by atoms with Gasteiger partial charge in [0.15, 0.2) is 0 Å². The van der Waals surface area contributed by atoms with Crippen molar-refractivity contribution in [2.45, 2.75) is 6.61 Å². The zero-order chi connectivity index (χ0) is 14.5. The van der Waals surface area contributed by atoms with Crippen LogP contribution in [0.2, 0.25) is 5.02 Å². The van der Waals surface area contributed by atoms with Crippen LogP contribution in [-0.2, 0) is 6.61 Å². The van der Waals surface area contributed by atoms with Gasteiger partial charge in [0.1, 0.15) is 23.7 Å². The van der Waals surface area contributed by atoms with Crippen LogP contribution in [0.15, 0.2) is 42.5 Å². The molecule has 0 saturated heterocycles. The van der Waals surface area contributed by atoms with Crippen molar-refractivity contribution < 1.29 is 19.4 Å². The first-order valence-electron chi connectivity index (χ1n) is 5.89. The van der Waals surface area contributed by atoms with Crippen LogP contribution in [0, 0.1) is 0 Å². The number of aromatic carboxylic acids is 1. The van der Waals surface area contributed by atoms with Crippen LogP contribution in [0.5, 0.6) is 11.5 Å². The topological polar surface area (TPSA) is 55.8 Å². The standard InChI is InChI=1S/C15H13ClO4/c1-19-11-6-7-12(15(17)18)14(8-11)20-9-10-4-2-3-5-13(10)16/h2-8H,9H2,1H3,(H,17,18). The minimum Gasteiger partial charge on any atom is -0.497 e. The van der Waals surface area contributed by atoms with Crippen molar-refractivity contribution in [3.05, 3.63) is 58.6 Å². The van der Waals surface area contributed by atoms with Gasteiger partial charge in [-0.05, 0) is 18.2 Å². The largest absolute Gasteiger partial charge is 0.497 e. The third kappa shape index (κ3) is 3.22. The van der Waals surface area contributed by atoms with Crippen molar-refractivity contribution >= 4 is 17.6 Å². The second-order valence-corrected chi connectivity index (χ2v) is 4.45. The molecule has 0 unspecified atom stereocenters. The minimum absolute atomic E-state index is 0.0813. The fourth-order valence-electron chi connectivity index (χ4n) is 1.70. The van der Waals surface area contributed by atoms with E-state index >= 15 is 0 Å². The van der Waals surface area contributed by atoms with Crippen LogP contribution < -0.4 is 9.47 Å². The summed E-state index contributed by atoms with van der Waals surface area (Å²) in [5.41, 5.74) is 0.867. The molecule has 0 amide bonds. The highest BCUT2D eigenvalue weighted by atomic mass is 35.5. The SMILES string of the molecule is COc1ccc(C(=O)O)c(OCc2ccccc2Cl)c1. The lowest BCUT2D eigenvalue weighted by Gasteiger charge is -2.11. The van der Waals surface area contributed by atoms with Gasteiger partial charge in [-0.2, -0.15) is 0 Å². The molecule has 2 aromatic carbocycles. The summed E-state index contributed by atoms with van der Waals surface area (Å²) in [5, 5.41) is 9.71. The van der Waals surface area contributed by atoms with Gasteiger partial charge in [0.05, 0.1) is 7.11 Å². The second kappa shape index (κ2) is 6.30. The summed E-state index contributed by atoms with van der Waals surface area (Å²) in [4.78, 5) is 11.2.